The van der Waals surface area contributed by atoms with Crippen LogP contribution in [-0.4, -0.2) is 86.1 Å². The molecule has 4 aliphatic rings. The van der Waals surface area contributed by atoms with Crippen LogP contribution in [0.2, 0.25) is 0 Å². The van der Waals surface area contributed by atoms with E-state index in [1.54, 1.807) is 41.6 Å². The fourth-order valence-corrected chi connectivity index (χ4v) is 8.04. The van der Waals surface area contributed by atoms with Gasteiger partial charge in [-0.15, -0.1) is 0 Å². The molecule has 2 fully saturated rings. The lowest BCUT2D eigenvalue weighted by atomic mass is 9.57. The van der Waals surface area contributed by atoms with Crippen molar-refractivity contribution in [3.8, 4) is 0 Å². The van der Waals surface area contributed by atoms with E-state index in [-0.39, 0.29) is 41.2 Å². The van der Waals surface area contributed by atoms with E-state index in [9.17, 15) is 14.7 Å². The third-order valence-electron chi connectivity index (χ3n) is 9.93. The molecular weight excluding hydrogens is 586 g/mol. The number of carbonyl (C=O) groups excluding carboxylic acids is 2. The van der Waals surface area contributed by atoms with Gasteiger partial charge in [-0.05, 0) is 50.2 Å². The topological polar surface area (TPSA) is 134 Å². The number of rotatable bonds is 5. The Morgan fingerprint density at radius 1 is 1.32 bits per heavy atom. The Morgan fingerprint density at radius 3 is 2.80 bits per heavy atom. The van der Waals surface area contributed by atoms with Gasteiger partial charge in [0, 0.05) is 55.3 Å². The Balaban J connectivity index is 1.36. The first-order valence-electron chi connectivity index (χ1n) is 15.1. The van der Waals surface area contributed by atoms with Crippen molar-refractivity contribution in [1.29, 1.82) is 0 Å². The minimum Gasteiger partial charge on any atom is -0.463 e. The number of hydrogen-bond donors (Lipinski definition) is 2. The van der Waals surface area contributed by atoms with Gasteiger partial charge >= 0.3 is 11.9 Å². The minimum absolute atomic E-state index is 0.184. The Labute approximate surface area is 261 Å². The summed E-state index contributed by atoms with van der Waals surface area (Å²) in [5, 5.41) is 12.1. The molecule has 2 aromatic rings. The number of aromatic nitrogens is 3. The number of nitrogens with zero attached hydrogens (tertiary/aromatic N) is 2. The van der Waals surface area contributed by atoms with Crippen LogP contribution < -0.4 is 0 Å². The molecule has 12 heteroatoms. The predicted octanol–water partition coefficient (Wildman–Crippen LogP) is 3.45. The lowest BCUT2D eigenvalue weighted by Gasteiger charge is -2.48. The normalized spacial score (nSPS) is 39.8. The van der Waals surface area contributed by atoms with Gasteiger partial charge in [0.25, 0.3) is 5.17 Å². The third-order valence-corrected chi connectivity index (χ3v) is 10.2. The number of ether oxygens (including phenoxy) is 5. The van der Waals surface area contributed by atoms with E-state index in [0.29, 0.717) is 5.69 Å². The number of carbonyl (C=O) groups is 2. The summed E-state index contributed by atoms with van der Waals surface area (Å²) in [6, 6.07) is 3.38. The number of thiocarbonyl (C=S) groups is 1. The first kappa shape index (κ1) is 30.7. The first-order valence-corrected chi connectivity index (χ1v) is 15.5. The molecule has 0 radical (unpaired) electrons. The van der Waals surface area contributed by atoms with Crippen LogP contribution in [0.4, 0.5) is 0 Å². The number of H-pyrrole nitrogens is 1. The third kappa shape index (κ3) is 5.01. The maximum Gasteiger partial charge on any atom is 0.355 e. The van der Waals surface area contributed by atoms with Crippen molar-refractivity contribution >= 4 is 29.3 Å². The van der Waals surface area contributed by atoms with Gasteiger partial charge in [-0.25, -0.2) is 14.6 Å². The van der Waals surface area contributed by atoms with Crippen LogP contribution in [0, 0.1) is 29.6 Å². The van der Waals surface area contributed by atoms with Crippen molar-refractivity contribution in [3.63, 3.8) is 0 Å². The number of nitrogens with one attached hydrogen (secondary N) is 1. The minimum atomic E-state index is -0.964. The molecule has 44 heavy (non-hydrogen) atoms. The van der Waals surface area contributed by atoms with Crippen LogP contribution >= 0.6 is 12.2 Å². The molecule has 0 unspecified atom stereocenters. The number of aliphatic hydroxyl groups excluding tert-OH is 1. The maximum atomic E-state index is 13.6. The number of hydrogen-bond acceptors (Lipinski definition) is 10. The summed E-state index contributed by atoms with van der Waals surface area (Å²) in [5.41, 5.74) is 0.275. The highest BCUT2D eigenvalue weighted by atomic mass is 32.1. The zero-order valence-electron chi connectivity index (χ0n) is 25.4. The Morgan fingerprint density at radius 2 is 2.11 bits per heavy atom. The second-order valence-electron chi connectivity index (χ2n) is 12.4. The molecule has 236 valence electrons. The van der Waals surface area contributed by atoms with Gasteiger partial charge in [-0.2, -0.15) is 0 Å². The predicted molar refractivity (Wildman–Crippen MR) is 161 cm³/mol. The quantitative estimate of drug-likeness (QED) is 0.289. The maximum absolute atomic E-state index is 13.6. The number of methoxy groups -OCH3 is 1. The van der Waals surface area contributed by atoms with Gasteiger partial charge in [0.2, 0.25) is 0 Å². The van der Waals surface area contributed by atoms with E-state index in [0.717, 1.165) is 5.57 Å². The van der Waals surface area contributed by atoms with E-state index in [2.05, 4.69) is 16.0 Å². The van der Waals surface area contributed by atoms with Gasteiger partial charge < -0.3 is 33.8 Å². The number of aliphatic hydroxyl groups is 1. The molecule has 0 amide bonds. The Kier molecular flexibility index (Phi) is 8.29. The highest BCUT2D eigenvalue weighted by Crippen LogP contribution is 2.61. The van der Waals surface area contributed by atoms with Crippen LogP contribution in [-0.2, 0) is 28.5 Å². The zero-order valence-corrected chi connectivity index (χ0v) is 26.2. The molecule has 12 atom stereocenters. The van der Waals surface area contributed by atoms with Crippen LogP contribution in [0.25, 0.3) is 0 Å². The van der Waals surface area contributed by atoms with Crippen LogP contribution in [0.1, 0.15) is 44.6 Å². The van der Waals surface area contributed by atoms with Gasteiger partial charge in [0.1, 0.15) is 42.0 Å². The molecule has 2 aliphatic heterocycles. The van der Waals surface area contributed by atoms with Crippen molar-refractivity contribution in [1.82, 2.24) is 14.5 Å². The molecule has 6 rings (SSSR count). The second-order valence-corrected chi connectivity index (χ2v) is 12.8. The summed E-state index contributed by atoms with van der Waals surface area (Å²) in [4.78, 5) is 33.5. The van der Waals surface area contributed by atoms with E-state index in [4.69, 9.17) is 35.9 Å². The van der Waals surface area contributed by atoms with Crippen LogP contribution in [0.3, 0.4) is 0 Å². The van der Waals surface area contributed by atoms with Crippen LogP contribution in [0.15, 0.2) is 60.9 Å². The van der Waals surface area contributed by atoms with E-state index < -0.39 is 54.2 Å². The largest absolute Gasteiger partial charge is 0.463 e. The van der Waals surface area contributed by atoms with Crippen molar-refractivity contribution in [2.75, 3.05) is 7.11 Å². The lowest BCUT2D eigenvalue weighted by Crippen LogP contribution is -2.57. The van der Waals surface area contributed by atoms with Crippen molar-refractivity contribution in [3.05, 3.63) is 66.5 Å². The summed E-state index contributed by atoms with van der Waals surface area (Å²) < 4.78 is 32.5. The Hall–Kier alpha value is -3.32. The lowest BCUT2D eigenvalue weighted by molar-refractivity contribution is -0.171. The summed E-state index contributed by atoms with van der Waals surface area (Å²) in [6.07, 6.45) is 8.68. The van der Waals surface area contributed by atoms with Crippen molar-refractivity contribution in [2.45, 2.75) is 76.3 Å². The standard InChI is InChI=1S/C32H39N3O8S/c1-16-13-17(2)32-20(14-23(39-5)30(38)41-26(16)19(4)40-31(44)35-12-11-33-15-35)8-9-21-24(32)25(36)18(3)27(28(21)43-32)42-29(37)22-7-6-10-34-22/h6-13,15-16,18-21,23-28,34,36H,14H2,1-5H3/b17-13-/t16-,18-,19-,20-,21-,23+,24+,25-,26+,27-,28+,32+/m1/s1. The highest BCUT2D eigenvalue weighted by Gasteiger charge is 2.69. The second kappa shape index (κ2) is 11.9. The molecule has 1 saturated carbocycles. The fraction of sp³-hybridized carbons (Fsp3) is 0.562. The fourth-order valence-electron chi connectivity index (χ4n) is 7.78. The summed E-state index contributed by atoms with van der Waals surface area (Å²) >= 11 is 5.45. The molecule has 2 N–H and O–H groups in total. The van der Waals surface area contributed by atoms with E-state index in [1.165, 1.54) is 7.11 Å². The molecule has 1 spiro atoms. The summed E-state index contributed by atoms with van der Waals surface area (Å²) in [7, 11) is 1.48. The molecule has 2 aromatic heterocycles. The monoisotopic (exact) mass is 625 g/mol. The van der Waals surface area contributed by atoms with Crippen LogP contribution in [0.5, 0.6) is 0 Å². The van der Waals surface area contributed by atoms with Crippen molar-refractivity contribution < 1.29 is 38.4 Å². The van der Waals surface area contributed by atoms with Gasteiger partial charge in [0.05, 0.1) is 6.10 Å². The summed E-state index contributed by atoms with van der Waals surface area (Å²) in [6.45, 7) is 7.66. The molecule has 4 heterocycles. The average molecular weight is 626 g/mol. The molecule has 4 bridgehead atoms. The number of esters is 2. The number of aromatic amines is 1. The average Bonchev–Trinajstić information content (AvgIpc) is 3.76. The molecule has 11 nitrogen and oxygen atoms in total. The first-order chi connectivity index (χ1) is 21.1. The van der Waals surface area contributed by atoms with Gasteiger partial charge in [-0.3, -0.25) is 4.57 Å². The number of cyclic esters (lactones) is 1. The highest BCUT2D eigenvalue weighted by molar-refractivity contribution is 7.80. The number of imidazole rings is 1. The molecule has 1 saturated heterocycles. The van der Waals surface area contributed by atoms with Gasteiger partial charge in [-0.1, -0.05) is 32.1 Å². The summed E-state index contributed by atoms with van der Waals surface area (Å²) in [5.74, 6) is -2.56. The molecule has 0 aromatic carbocycles. The Bertz CT molecular complexity index is 1440. The SMILES string of the molecule is CO[C@H]1C[C@H]2C=C[C@H]3[C@@H]4O[C@]2(/C(C)=C\[C@@H](C)[C@@H]([C@@H](C)OC(=S)n2ccnc2)OC1=O)[C@@H]3[C@H](O)[C@@H](C)[C@H]4OC(=O)c1ccc[nH]1. The van der Waals surface area contributed by atoms with E-state index >= 15 is 0 Å². The molecule has 2 aliphatic carbocycles. The van der Waals surface area contributed by atoms with Gasteiger partial charge in [0.15, 0.2) is 6.10 Å². The smallest absolute Gasteiger partial charge is 0.355 e. The molecular formula is C32H39N3O8S. The van der Waals surface area contributed by atoms with Crippen molar-refractivity contribution in [2.24, 2.45) is 29.6 Å². The zero-order chi connectivity index (χ0) is 31.3. The van der Waals surface area contributed by atoms with E-state index in [1.807, 2.05) is 39.8 Å².